The van der Waals surface area contributed by atoms with Crippen LogP contribution in [0.15, 0.2) is 30.3 Å². The Labute approximate surface area is 155 Å². The van der Waals surface area contributed by atoms with E-state index in [9.17, 15) is 24.3 Å². The van der Waals surface area contributed by atoms with Crippen LogP contribution in [0.3, 0.4) is 0 Å². The highest BCUT2D eigenvalue weighted by Crippen LogP contribution is 2.05. The van der Waals surface area contributed by atoms with Crippen molar-refractivity contribution >= 4 is 23.8 Å². The SMILES string of the molecule is CC(O)C(N)C(=O)NC(Cc1ccccc1)C(=O)NC(CC(=O)O)C(=O)O. The molecule has 2 amide bonds. The van der Waals surface area contributed by atoms with Crippen molar-refractivity contribution < 1.29 is 34.5 Å². The van der Waals surface area contributed by atoms with Crippen molar-refractivity contribution in [3.8, 4) is 0 Å². The fourth-order valence-corrected chi connectivity index (χ4v) is 2.19. The third kappa shape index (κ3) is 7.42. The monoisotopic (exact) mass is 381 g/mol. The molecule has 0 fully saturated rings. The molecule has 0 aliphatic rings. The number of nitrogens with one attached hydrogen (secondary N) is 2. The second-order valence-corrected chi connectivity index (χ2v) is 6.01. The zero-order chi connectivity index (χ0) is 20.6. The standard InChI is InChI=1S/C17H23N3O7/c1-9(21)14(18)16(25)19-11(7-10-5-3-2-4-6-10)15(24)20-12(17(26)27)8-13(22)23/h2-6,9,11-12,14,21H,7-8,18H2,1H3,(H,19,25)(H,20,24)(H,22,23)(H,26,27). The van der Waals surface area contributed by atoms with Gasteiger partial charge in [0.2, 0.25) is 11.8 Å². The van der Waals surface area contributed by atoms with E-state index in [2.05, 4.69) is 10.6 Å². The Bertz CT molecular complexity index is 678. The minimum atomic E-state index is -1.66. The number of aliphatic carboxylic acids is 2. The number of hydrogen-bond acceptors (Lipinski definition) is 6. The van der Waals surface area contributed by atoms with E-state index in [-0.39, 0.29) is 6.42 Å². The molecule has 0 aliphatic heterocycles. The van der Waals surface area contributed by atoms with Crippen LogP contribution in [0.5, 0.6) is 0 Å². The van der Waals surface area contributed by atoms with Gasteiger partial charge in [0, 0.05) is 6.42 Å². The van der Waals surface area contributed by atoms with Gasteiger partial charge in [0.25, 0.3) is 0 Å². The summed E-state index contributed by atoms with van der Waals surface area (Å²) in [6, 6.07) is 4.45. The summed E-state index contributed by atoms with van der Waals surface area (Å²) < 4.78 is 0. The number of nitrogens with two attached hydrogens (primary N) is 1. The number of carboxylic acid groups (broad SMARTS) is 2. The van der Waals surface area contributed by atoms with E-state index < -0.39 is 54.4 Å². The summed E-state index contributed by atoms with van der Waals surface area (Å²) in [5.74, 6) is -4.59. The largest absolute Gasteiger partial charge is 0.481 e. The summed E-state index contributed by atoms with van der Waals surface area (Å²) in [6.45, 7) is 1.31. The van der Waals surface area contributed by atoms with Gasteiger partial charge in [-0.3, -0.25) is 14.4 Å². The summed E-state index contributed by atoms with van der Waals surface area (Å²) in [6.07, 6.45) is -1.96. The predicted octanol–water partition coefficient (Wildman–Crippen LogP) is -1.53. The van der Waals surface area contributed by atoms with Crippen molar-refractivity contribution in [3.63, 3.8) is 0 Å². The lowest BCUT2D eigenvalue weighted by Crippen LogP contribution is -2.57. The first kappa shape index (κ1) is 22.1. The lowest BCUT2D eigenvalue weighted by Gasteiger charge is -2.23. The lowest BCUT2D eigenvalue weighted by atomic mass is 10.0. The van der Waals surface area contributed by atoms with E-state index in [1.54, 1.807) is 30.3 Å². The van der Waals surface area contributed by atoms with Crippen LogP contribution in [0.4, 0.5) is 0 Å². The minimum absolute atomic E-state index is 0.0182. The smallest absolute Gasteiger partial charge is 0.326 e. The van der Waals surface area contributed by atoms with E-state index in [1.807, 2.05) is 0 Å². The van der Waals surface area contributed by atoms with E-state index in [4.69, 9.17) is 15.9 Å². The van der Waals surface area contributed by atoms with Crippen LogP contribution in [0.1, 0.15) is 18.9 Å². The first-order valence-corrected chi connectivity index (χ1v) is 8.14. The first-order valence-electron chi connectivity index (χ1n) is 8.14. The predicted molar refractivity (Wildman–Crippen MR) is 93.6 cm³/mol. The second kappa shape index (κ2) is 10.2. The lowest BCUT2D eigenvalue weighted by molar-refractivity contribution is -0.147. The topological polar surface area (TPSA) is 179 Å². The molecule has 4 atom stereocenters. The average molecular weight is 381 g/mol. The molecular formula is C17H23N3O7. The van der Waals surface area contributed by atoms with Gasteiger partial charge in [0.15, 0.2) is 0 Å². The highest BCUT2D eigenvalue weighted by molar-refractivity contribution is 5.93. The Morgan fingerprint density at radius 1 is 1.00 bits per heavy atom. The van der Waals surface area contributed by atoms with Crippen LogP contribution in [0, 0.1) is 0 Å². The third-order valence-electron chi connectivity index (χ3n) is 3.73. The molecule has 0 radical (unpaired) electrons. The Morgan fingerprint density at radius 3 is 2.04 bits per heavy atom. The van der Waals surface area contributed by atoms with Gasteiger partial charge in [-0.2, -0.15) is 0 Å². The van der Waals surface area contributed by atoms with Crippen LogP contribution in [-0.2, 0) is 25.6 Å². The molecule has 1 aromatic rings. The maximum atomic E-state index is 12.5. The molecule has 10 heteroatoms. The highest BCUT2D eigenvalue weighted by atomic mass is 16.4. The Morgan fingerprint density at radius 2 is 1.56 bits per heavy atom. The summed E-state index contributed by atoms with van der Waals surface area (Å²) in [5, 5.41) is 31.7. The normalized spacial score (nSPS) is 15.1. The number of rotatable bonds is 10. The molecular weight excluding hydrogens is 358 g/mol. The summed E-state index contributed by atoms with van der Waals surface area (Å²) in [4.78, 5) is 46.5. The molecule has 7 N–H and O–H groups in total. The van der Waals surface area contributed by atoms with Gasteiger partial charge in [-0.1, -0.05) is 30.3 Å². The molecule has 1 rings (SSSR count). The van der Waals surface area contributed by atoms with Gasteiger partial charge in [-0.05, 0) is 12.5 Å². The van der Waals surface area contributed by atoms with E-state index in [1.165, 1.54) is 6.92 Å². The zero-order valence-electron chi connectivity index (χ0n) is 14.7. The maximum absolute atomic E-state index is 12.5. The van der Waals surface area contributed by atoms with Crippen molar-refractivity contribution in [1.29, 1.82) is 0 Å². The van der Waals surface area contributed by atoms with E-state index in [0.29, 0.717) is 5.56 Å². The average Bonchev–Trinajstić information content (AvgIpc) is 2.59. The van der Waals surface area contributed by atoms with E-state index >= 15 is 0 Å². The van der Waals surface area contributed by atoms with Crippen molar-refractivity contribution in [3.05, 3.63) is 35.9 Å². The van der Waals surface area contributed by atoms with Gasteiger partial charge < -0.3 is 31.7 Å². The number of carbonyl (C=O) groups is 4. The quantitative estimate of drug-likeness (QED) is 0.282. The van der Waals surface area contributed by atoms with Crippen LogP contribution >= 0.6 is 0 Å². The summed E-state index contributed by atoms with van der Waals surface area (Å²) in [5.41, 5.74) is 6.23. The van der Waals surface area contributed by atoms with Gasteiger partial charge in [0.1, 0.15) is 18.1 Å². The van der Waals surface area contributed by atoms with Crippen molar-refractivity contribution in [2.24, 2.45) is 5.73 Å². The number of aliphatic hydroxyl groups excluding tert-OH is 1. The number of carboxylic acids is 2. The molecule has 0 saturated heterocycles. The van der Waals surface area contributed by atoms with E-state index in [0.717, 1.165) is 0 Å². The molecule has 10 nitrogen and oxygen atoms in total. The van der Waals surface area contributed by atoms with Gasteiger partial charge in [-0.15, -0.1) is 0 Å². The Hall–Kier alpha value is -2.98. The maximum Gasteiger partial charge on any atom is 0.326 e. The second-order valence-electron chi connectivity index (χ2n) is 6.01. The molecule has 1 aromatic carbocycles. The number of aliphatic hydroxyl groups is 1. The number of amides is 2. The molecule has 27 heavy (non-hydrogen) atoms. The third-order valence-corrected chi connectivity index (χ3v) is 3.73. The zero-order valence-corrected chi connectivity index (χ0v) is 14.7. The molecule has 4 unspecified atom stereocenters. The minimum Gasteiger partial charge on any atom is -0.481 e. The van der Waals surface area contributed by atoms with Crippen molar-refractivity contribution in [2.45, 2.75) is 44.0 Å². The summed E-state index contributed by atoms with van der Waals surface area (Å²) >= 11 is 0. The molecule has 0 aliphatic carbocycles. The number of benzene rings is 1. The van der Waals surface area contributed by atoms with Crippen LogP contribution < -0.4 is 16.4 Å². The fraction of sp³-hybridized carbons (Fsp3) is 0.412. The summed E-state index contributed by atoms with van der Waals surface area (Å²) in [7, 11) is 0. The van der Waals surface area contributed by atoms with Crippen molar-refractivity contribution in [1.82, 2.24) is 10.6 Å². The van der Waals surface area contributed by atoms with Crippen LogP contribution in [0.25, 0.3) is 0 Å². The molecule has 0 spiro atoms. The molecule has 0 heterocycles. The molecule has 148 valence electrons. The fourth-order valence-electron chi connectivity index (χ4n) is 2.19. The first-order chi connectivity index (χ1) is 12.6. The molecule has 0 aromatic heterocycles. The Kier molecular flexibility index (Phi) is 8.36. The van der Waals surface area contributed by atoms with Crippen LogP contribution in [0.2, 0.25) is 0 Å². The number of hydrogen-bond donors (Lipinski definition) is 6. The van der Waals surface area contributed by atoms with Gasteiger partial charge in [-0.25, -0.2) is 4.79 Å². The highest BCUT2D eigenvalue weighted by Gasteiger charge is 2.30. The molecule has 0 bridgehead atoms. The Balaban J connectivity index is 2.97. The van der Waals surface area contributed by atoms with Crippen molar-refractivity contribution in [2.75, 3.05) is 0 Å². The van der Waals surface area contributed by atoms with Gasteiger partial charge >= 0.3 is 11.9 Å². The van der Waals surface area contributed by atoms with Gasteiger partial charge in [0.05, 0.1) is 12.5 Å². The van der Waals surface area contributed by atoms with Crippen LogP contribution in [-0.4, -0.2) is 63.3 Å². The number of carbonyl (C=O) groups excluding carboxylic acids is 2. The molecule has 0 saturated carbocycles.